The smallest absolute Gasteiger partial charge is 0.340 e. The molecule has 4 aromatic rings. The van der Waals surface area contributed by atoms with E-state index < -0.39 is 11.7 Å². The number of aromatic nitrogens is 3. The van der Waals surface area contributed by atoms with E-state index in [1.165, 1.54) is 6.07 Å². The van der Waals surface area contributed by atoms with Crippen LogP contribution in [0.1, 0.15) is 11.1 Å². The van der Waals surface area contributed by atoms with Gasteiger partial charge in [0.05, 0.1) is 5.56 Å². The lowest BCUT2D eigenvalue weighted by atomic mass is 10.1. The largest absolute Gasteiger partial charge is 0.416 e. The number of alkyl halides is 3. The molecule has 0 amide bonds. The summed E-state index contributed by atoms with van der Waals surface area (Å²) in [6, 6.07) is 10.7. The van der Waals surface area contributed by atoms with Gasteiger partial charge in [0.15, 0.2) is 0 Å². The normalized spacial score (nSPS) is 11.3. The molecule has 0 bridgehead atoms. The molecule has 1 aromatic carbocycles. The summed E-state index contributed by atoms with van der Waals surface area (Å²) >= 11 is 1.61. The molecule has 0 atom stereocenters. The van der Waals surface area contributed by atoms with Crippen LogP contribution in [0.4, 0.5) is 36.4 Å². The van der Waals surface area contributed by atoms with E-state index in [4.69, 9.17) is 0 Å². The van der Waals surface area contributed by atoms with Crippen LogP contribution in [0.2, 0.25) is 0 Å². The number of thiophene rings is 1. The average Bonchev–Trinajstić information content (AvgIpc) is 3.26. The highest BCUT2D eigenvalue weighted by Crippen LogP contribution is 2.31. The minimum atomic E-state index is -4.41. The second-order valence-electron chi connectivity index (χ2n) is 6.50. The van der Waals surface area contributed by atoms with Gasteiger partial charge >= 0.3 is 6.18 Å². The lowest BCUT2D eigenvalue weighted by Crippen LogP contribution is -2.06. The lowest BCUT2D eigenvalue weighted by Gasteiger charge is -2.13. The van der Waals surface area contributed by atoms with Crippen LogP contribution in [0.5, 0.6) is 0 Å². The van der Waals surface area contributed by atoms with Gasteiger partial charge < -0.3 is 10.6 Å². The van der Waals surface area contributed by atoms with Crippen LogP contribution in [0.25, 0.3) is 11.1 Å². The molecule has 4 rings (SSSR count). The Kier molecular flexibility index (Phi) is 5.37. The number of nitrogens with zero attached hydrogens (tertiary/aromatic N) is 3. The van der Waals surface area contributed by atoms with Crippen LogP contribution in [0.15, 0.2) is 65.6 Å². The van der Waals surface area contributed by atoms with E-state index in [0.29, 0.717) is 17.2 Å². The first-order valence-electron chi connectivity index (χ1n) is 8.92. The number of nitrogens with one attached hydrogen (secondary N) is 2. The van der Waals surface area contributed by atoms with Crippen LogP contribution >= 0.6 is 11.3 Å². The van der Waals surface area contributed by atoms with Gasteiger partial charge in [0, 0.05) is 29.2 Å². The highest BCUT2D eigenvalue weighted by molar-refractivity contribution is 7.08. The topological polar surface area (TPSA) is 62.7 Å². The van der Waals surface area contributed by atoms with Crippen molar-refractivity contribution in [2.24, 2.45) is 0 Å². The first-order valence-corrected chi connectivity index (χ1v) is 9.86. The molecule has 0 radical (unpaired) electrons. The number of halogens is 3. The second-order valence-corrected chi connectivity index (χ2v) is 7.28. The van der Waals surface area contributed by atoms with Crippen molar-refractivity contribution in [2.45, 2.75) is 13.1 Å². The molecule has 0 unspecified atom stereocenters. The quantitative estimate of drug-likeness (QED) is 0.385. The predicted octanol–water partition coefficient (Wildman–Crippen LogP) is 6.41. The van der Waals surface area contributed by atoms with Crippen molar-refractivity contribution >= 4 is 34.6 Å². The van der Waals surface area contributed by atoms with Crippen molar-refractivity contribution in [2.75, 3.05) is 10.6 Å². The third-order valence-electron chi connectivity index (χ3n) is 4.28. The first-order chi connectivity index (χ1) is 14.4. The van der Waals surface area contributed by atoms with E-state index in [-0.39, 0.29) is 11.6 Å². The summed E-state index contributed by atoms with van der Waals surface area (Å²) in [7, 11) is 0. The van der Waals surface area contributed by atoms with Crippen molar-refractivity contribution in [3.8, 4) is 11.1 Å². The van der Waals surface area contributed by atoms with Gasteiger partial charge in [-0.25, -0.2) is 9.97 Å². The van der Waals surface area contributed by atoms with Crippen molar-refractivity contribution in [1.29, 1.82) is 0 Å². The van der Waals surface area contributed by atoms with E-state index in [1.807, 2.05) is 29.0 Å². The summed E-state index contributed by atoms with van der Waals surface area (Å²) in [5, 5.41) is 9.98. The molecule has 0 aliphatic rings. The fourth-order valence-corrected chi connectivity index (χ4v) is 3.39. The van der Waals surface area contributed by atoms with Gasteiger partial charge in [-0.2, -0.15) is 29.5 Å². The van der Waals surface area contributed by atoms with Gasteiger partial charge in [-0.05, 0) is 59.6 Å². The van der Waals surface area contributed by atoms with Crippen molar-refractivity contribution in [3.05, 3.63) is 76.7 Å². The van der Waals surface area contributed by atoms with Crippen LogP contribution in [-0.4, -0.2) is 15.0 Å². The van der Waals surface area contributed by atoms with Crippen LogP contribution < -0.4 is 10.6 Å². The monoisotopic (exact) mass is 427 g/mol. The van der Waals surface area contributed by atoms with Crippen LogP contribution in [-0.2, 0) is 6.18 Å². The van der Waals surface area contributed by atoms with Crippen LogP contribution in [0, 0.1) is 6.92 Å². The summed E-state index contributed by atoms with van der Waals surface area (Å²) in [5.41, 5.74) is 2.35. The number of aryl methyl sites for hydroxylation is 1. The highest BCUT2D eigenvalue weighted by atomic mass is 32.1. The number of benzene rings is 1. The molecule has 3 aromatic heterocycles. The molecule has 0 fully saturated rings. The molecule has 2 N–H and O–H groups in total. The molecule has 3 heterocycles. The van der Waals surface area contributed by atoms with E-state index in [1.54, 1.807) is 36.7 Å². The minimum Gasteiger partial charge on any atom is -0.340 e. The zero-order chi connectivity index (χ0) is 21.1. The SMILES string of the molecule is Cc1cnc(Nc2ccc(-c3ccsc3)cn2)nc1Nc1cccc(C(F)(F)F)c1. The molecule has 0 aliphatic heterocycles. The molecule has 0 saturated heterocycles. The third kappa shape index (κ3) is 4.57. The molecule has 0 saturated carbocycles. The zero-order valence-electron chi connectivity index (χ0n) is 15.7. The fourth-order valence-electron chi connectivity index (χ4n) is 2.72. The fraction of sp³-hybridized carbons (Fsp3) is 0.0952. The molecular formula is C21H16F3N5S. The summed E-state index contributed by atoms with van der Waals surface area (Å²) in [6.07, 6.45) is -1.07. The van der Waals surface area contributed by atoms with Gasteiger partial charge in [-0.1, -0.05) is 6.07 Å². The molecule has 9 heteroatoms. The van der Waals surface area contributed by atoms with Crippen LogP contribution in [0.3, 0.4) is 0 Å². The molecular weight excluding hydrogens is 411 g/mol. The maximum absolute atomic E-state index is 12.9. The van der Waals surface area contributed by atoms with E-state index in [2.05, 4.69) is 25.6 Å². The molecule has 152 valence electrons. The number of anilines is 4. The first kappa shape index (κ1) is 19.8. The van der Waals surface area contributed by atoms with Crippen molar-refractivity contribution in [1.82, 2.24) is 15.0 Å². The summed E-state index contributed by atoms with van der Waals surface area (Å²) in [5.74, 6) is 1.25. The van der Waals surface area contributed by atoms with E-state index >= 15 is 0 Å². The number of hydrogen-bond acceptors (Lipinski definition) is 6. The number of pyridine rings is 1. The Balaban J connectivity index is 1.52. The van der Waals surface area contributed by atoms with Gasteiger partial charge in [-0.15, -0.1) is 0 Å². The van der Waals surface area contributed by atoms with Crippen molar-refractivity contribution < 1.29 is 13.2 Å². The molecule has 5 nitrogen and oxygen atoms in total. The Labute approximate surface area is 174 Å². The standard InChI is InChI=1S/C21H16F3N5S/c1-13-10-26-20(28-18-6-5-14(11-25-18)15-7-8-30-12-15)29-19(13)27-17-4-2-3-16(9-17)21(22,23)24/h2-12H,1H3,(H2,25,26,27,28,29). The molecule has 30 heavy (non-hydrogen) atoms. The Morgan fingerprint density at radius 3 is 2.50 bits per heavy atom. The maximum Gasteiger partial charge on any atom is 0.416 e. The van der Waals surface area contributed by atoms with Gasteiger partial charge in [0.1, 0.15) is 11.6 Å². The Hall–Kier alpha value is -3.46. The second kappa shape index (κ2) is 8.11. The number of hydrogen-bond donors (Lipinski definition) is 2. The van der Waals surface area contributed by atoms with Crippen molar-refractivity contribution in [3.63, 3.8) is 0 Å². The van der Waals surface area contributed by atoms with Gasteiger partial charge in [-0.3, -0.25) is 0 Å². The minimum absolute atomic E-state index is 0.283. The summed E-state index contributed by atoms with van der Waals surface area (Å²) < 4.78 is 38.8. The zero-order valence-corrected chi connectivity index (χ0v) is 16.6. The predicted molar refractivity (Wildman–Crippen MR) is 112 cm³/mol. The Morgan fingerprint density at radius 2 is 1.80 bits per heavy atom. The van der Waals surface area contributed by atoms with Gasteiger partial charge in [0.25, 0.3) is 0 Å². The molecule has 0 aliphatic carbocycles. The maximum atomic E-state index is 12.9. The highest BCUT2D eigenvalue weighted by Gasteiger charge is 2.30. The molecule has 0 spiro atoms. The van der Waals surface area contributed by atoms with Gasteiger partial charge in [0.2, 0.25) is 5.95 Å². The Bertz CT molecular complexity index is 1140. The lowest BCUT2D eigenvalue weighted by molar-refractivity contribution is -0.137. The summed E-state index contributed by atoms with van der Waals surface area (Å²) in [4.78, 5) is 13.0. The third-order valence-corrected chi connectivity index (χ3v) is 4.97. The number of rotatable bonds is 5. The van der Waals surface area contributed by atoms with E-state index in [9.17, 15) is 13.2 Å². The Morgan fingerprint density at radius 1 is 0.933 bits per heavy atom. The average molecular weight is 427 g/mol. The van der Waals surface area contributed by atoms with E-state index in [0.717, 1.165) is 23.3 Å². The summed E-state index contributed by atoms with van der Waals surface area (Å²) in [6.45, 7) is 1.77.